The van der Waals surface area contributed by atoms with Crippen LogP contribution in [-0.2, 0) is 21.2 Å². The Bertz CT molecular complexity index is 1400. The fourth-order valence-corrected chi connectivity index (χ4v) is 6.04. The lowest BCUT2D eigenvalue weighted by Crippen LogP contribution is -2.50. The van der Waals surface area contributed by atoms with E-state index in [1.807, 2.05) is 48.7 Å². The molecule has 7 heteroatoms. The van der Waals surface area contributed by atoms with Crippen LogP contribution in [0.4, 0.5) is 0 Å². The van der Waals surface area contributed by atoms with E-state index in [4.69, 9.17) is 0 Å². The van der Waals surface area contributed by atoms with Gasteiger partial charge in [-0.2, -0.15) is 4.31 Å². The van der Waals surface area contributed by atoms with Crippen LogP contribution < -0.4 is 0 Å². The number of aryl methyl sites for hydroxylation is 1. The van der Waals surface area contributed by atoms with Gasteiger partial charge in [0.05, 0.1) is 4.90 Å². The zero-order valence-electron chi connectivity index (χ0n) is 18.4. The lowest BCUT2D eigenvalue weighted by Gasteiger charge is -2.34. The van der Waals surface area contributed by atoms with Gasteiger partial charge in [0.15, 0.2) is 0 Å². The fourth-order valence-electron chi connectivity index (χ4n) is 4.58. The number of piperazine rings is 1. The third kappa shape index (κ3) is 4.38. The lowest BCUT2D eigenvalue weighted by molar-refractivity contribution is -0.132. The van der Waals surface area contributed by atoms with E-state index in [-0.39, 0.29) is 5.91 Å². The maximum absolute atomic E-state index is 13.1. The van der Waals surface area contributed by atoms with E-state index in [0.29, 0.717) is 37.5 Å². The number of aromatic amines is 1. The summed E-state index contributed by atoms with van der Waals surface area (Å²) in [6.07, 6.45) is 4.10. The van der Waals surface area contributed by atoms with Gasteiger partial charge in [0, 0.05) is 49.7 Å². The van der Waals surface area contributed by atoms with Gasteiger partial charge in [0.1, 0.15) is 0 Å². The molecule has 33 heavy (non-hydrogen) atoms. The number of para-hydroxylation sites is 1. The second-order valence-electron chi connectivity index (χ2n) is 8.51. The summed E-state index contributed by atoms with van der Waals surface area (Å²) in [5, 5.41) is 3.12. The Kier molecular flexibility index (Phi) is 5.91. The summed E-state index contributed by atoms with van der Waals surface area (Å²) in [5.74, 6) is 0.0950. The molecule has 6 nitrogen and oxygen atoms in total. The van der Waals surface area contributed by atoms with Gasteiger partial charge in [0.25, 0.3) is 0 Å². The van der Waals surface area contributed by atoms with E-state index < -0.39 is 10.0 Å². The van der Waals surface area contributed by atoms with Gasteiger partial charge >= 0.3 is 0 Å². The molecule has 3 aromatic carbocycles. The number of amides is 1. The van der Waals surface area contributed by atoms with Crippen LogP contribution >= 0.6 is 0 Å². The SMILES string of the molecule is O=C(CCCc1c[nH]c2ccccc12)N1CCN(S(=O)(=O)c2ccc3ccccc3c2)CC1. The number of hydrogen-bond acceptors (Lipinski definition) is 3. The molecular weight excluding hydrogens is 434 g/mol. The van der Waals surface area contributed by atoms with Crippen molar-refractivity contribution in [2.45, 2.75) is 24.2 Å². The maximum atomic E-state index is 13.1. The van der Waals surface area contributed by atoms with Gasteiger partial charge in [-0.1, -0.05) is 48.5 Å². The number of rotatable bonds is 6. The molecule has 5 rings (SSSR count). The standard InChI is InChI=1S/C26H27N3O3S/c30-26(11-5-8-22-19-27-25-10-4-3-9-24(22)25)28-14-16-29(17-15-28)33(31,32)23-13-12-20-6-1-2-7-21(20)18-23/h1-4,6-7,9-10,12-13,18-19,27H,5,8,11,14-17H2. The number of carbonyl (C=O) groups excluding carboxylic acids is 1. The van der Waals surface area contributed by atoms with E-state index in [1.165, 1.54) is 15.3 Å². The van der Waals surface area contributed by atoms with Crippen molar-refractivity contribution in [3.63, 3.8) is 0 Å². The fraction of sp³-hybridized carbons (Fsp3) is 0.269. The van der Waals surface area contributed by atoms with Crippen LogP contribution in [0.15, 0.2) is 77.8 Å². The number of fused-ring (bicyclic) bond motifs is 2. The summed E-state index contributed by atoms with van der Waals surface area (Å²) in [6, 6.07) is 21.1. The Morgan fingerprint density at radius 3 is 2.42 bits per heavy atom. The van der Waals surface area contributed by atoms with Crippen molar-refractivity contribution in [3.05, 3.63) is 78.5 Å². The summed E-state index contributed by atoms with van der Waals surface area (Å²) in [5.41, 5.74) is 2.34. The predicted molar refractivity (Wildman–Crippen MR) is 131 cm³/mol. The molecular formula is C26H27N3O3S. The molecule has 1 saturated heterocycles. The first kappa shape index (κ1) is 21.7. The third-order valence-electron chi connectivity index (χ3n) is 6.46. The number of aromatic nitrogens is 1. The second-order valence-corrected chi connectivity index (χ2v) is 10.4. The molecule has 1 aliphatic heterocycles. The number of hydrogen-bond donors (Lipinski definition) is 1. The van der Waals surface area contributed by atoms with Gasteiger partial charge in [0.2, 0.25) is 15.9 Å². The quantitative estimate of drug-likeness (QED) is 0.468. The number of nitrogens with one attached hydrogen (secondary N) is 1. The zero-order valence-corrected chi connectivity index (χ0v) is 19.2. The molecule has 1 aromatic heterocycles. The van der Waals surface area contributed by atoms with Crippen LogP contribution in [0, 0.1) is 0 Å². The molecule has 0 unspecified atom stereocenters. The second kappa shape index (κ2) is 9.00. The highest BCUT2D eigenvalue weighted by molar-refractivity contribution is 7.89. The molecule has 1 N–H and O–H groups in total. The van der Waals surface area contributed by atoms with Crippen LogP contribution in [0.25, 0.3) is 21.7 Å². The summed E-state index contributed by atoms with van der Waals surface area (Å²) >= 11 is 0. The minimum Gasteiger partial charge on any atom is -0.361 e. The molecule has 4 aromatic rings. The van der Waals surface area contributed by atoms with E-state index in [9.17, 15) is 13.2 Å². The first-order valence-corrected chi connectivity index (χ1v) is 12.8. The van der Waals surface area contributed by atoms with E-state index >= 15 is 0 Å². The van der Waals surface area contributed by atoms with Crippen molar-refractivity contribution in [3.8, 4) is 0 Å². The van der Waals surface area contributed by atoms with Crippen molar-refractivity contribution in [2.24, 2.45) is 0 Å². The number of H-pyrrole nitrogens is 1. The lowest BCUT2D eigenvalue weighted by atomic mass is 10.1. The normalized spacial score (nSPS) is 15.3. The third-order valence-corrected chi connectivity index (χ3v) is 8.36. The Morgan fingerprint density at radius 2 is 1.61 bits per heavy atom. The van der Waals surface area contributed by atoms with Crippen LogP contribution in [0.3, 0.4) is 0 Å². The van der Waals surface area contributed by atoms with Gasteiger partial charge in [-0.05, 0) is 47.4 Å². The molecule has 170 valence electrons. The van der Waals surface area contributed by atoms with Gasteiger partial charge < -0.3 is 9.88 Å². The summed E-state index contributed by atoms with van der Waals surface area (Å²) in [6.45, 7) is 1.50. The summed E-state index contributed by atoms with van der Waals surface area (Å²) in [7, 11) is -3.58. The number of nitrogens with zero attached hydrogens (tertiary/aromatic N) is 2. The van der Waals surface area contributed by atoms with Gasteiger partial charge in [-0.15, -0.1) is 0 Å². The first-order chi connectivity index (χ1) is 16.0. The highest BCUT2D eigenvalue weighted by Crippen LogP contribution is 2.23. The van der Waals surface area contributed by atoms with Crippen molar-refractivity contribution in [1.29, 1.82) is 0 Å². The molecule has 1 amide bonds. The van der Waals surface area contributed by atoms with Gasteiger partial charge in [-0.3, -0.25) is 4.79 Å². The van der Waals surface area contributed by atoms with Crippen LogP contribution in [0.2, 0.25) is 0 Å². The Balaban J connectivity index is 1.16. The Morgan fingerprint density at radius 1 is 0.879 bits per heavy atom. The molecule has 0 aliphatic carbocycles. The highest BCUT2D eigenvalue weighted by Gasteiger charge is 2.30. The molecule has 0 saturated carbocycles. The maximum Gasteiger partial charge on any atom is 0.243 e. The Labute approximate surface area is 193 Å². The summed E-state index contributed by atoms with van der Waals surface area (Å²) in [4.78, 5) is 18.1. The molecule has 0 bridgehead atoms. The summed E-state index contributed by atoms with van der Waals surface area (Å²) < 4.78 is 27.8. The van der Waals surface area contributed by atoms with Crippen molar-refractivity contribution in [2.75, 3.05) is 26.2 Å². The minimum atomic E-state index is -3.58. The molecule has 0 atom stereocenters. The molecule has 0 radical (unpaired) electrons. The molecule has 1 aliphatic rings. The van der Waals surface area contributed by atoms with Crippen molar-refractivity contribution in [1.82, 2.24) is 14.2 Å². The number of carbonyl (C=O) groups is 1. The average Bonchev–Trinajstić information content (AvgIpc) is 3.27. The Hall–Kier alpha value is -3.16. The monoisotopic (exact) mass is 461 g/mol. The van der Waals surface area contributed by atoms with Gasteiger partial charge in [-0.25, -0.2) is 8.42 Å². The van der Waals surface area contributed by atoms with Crippen LogP contribution in [0.1, 0.15) is 18.4 Å². The number of sulfonamides is 1. The van der Waals surface area contributed by atoms with Crippen LogP contribution in [0.5, 0.6) is 0 Å². The largest absolute Gasteiger partial charge is 0.361 e. The predicted octanol–water partition coefficient (Wildman–Crippen LogP) is 4.18. The average molecular weight is 462 g/mol. The van der Waals surface area contributed by atoms with Crippen LogP contribution in [-0.4, -0.2) is 54.7 Å². The van der Waals surface area contributed by atoms with E-state index in [1.54, 1.807) is 17.0 Å². The number of benzene rings is 3. The van der Waals surface area contributed by atoms with E-state index in [0.717, 1.165) is 29.1 Å². The minimum absolute atomic E-state index is 0.0950. The highest BCUT2D eigenvalue weighted by atomic mass is 32.2. The zero-order chi connectivity index (χ0) is 22.8. The van der Waals surface area contributed by atoms with E-state index in [2.05, 4.69) is 17.1 Å². The smallest absolute Gasteiger partial charge is 0.243 e. The molecule has 1 fully saturated rings. The van der Waals surface area contributed by atoms with Crippen molar-refractivity contribution < 1.29 is 13.2 Å². The van der Waals surface area contributed by atoms with Crippen molar-refractivity contribution >= 4 is 37.6 Å². The first-order valence-electron chi connectivity index (χ1n) is 11.3. The molecule has 0 spiro atoms. The topological polar surface area (TPSA) is 73.5 Å². The molecule has 2 heterocycles.